The van der Waals surface area contributed by atoms with Gasteiger partial charge in [-0.1, -0.05) is 18.2 Å². The van der Waals surface area contributed by atoms with Crippen molar-refractivity contribution in [3.05, 3.63) is 64.9 Å². The molecule has 0 aliphatic carbocycles. The van der Waals surface area contributed by atoms with E-state index in [1.54, 1.807) is 37.7 Å². The fourth-order valence-electron chi connectivity index (χ4n) is 2.60. The molecule has 0 radical (unpaired) electrons. The molecule has 0 spiro atoms. The lowest BCUT2D eigenvalue weighted by Gasteiger charge is -2.10. The van der Waals surface area contributed by atoms with Crippen LogP contribution in [0.5, 0.6) is 5.75 Å². The highest BCUT2D eigenvalue weighted by atomic mass is 79.9. The summed E-state index contributed by atoms with van der Waals surface area (Å²) in [5.74, 6) is 0.744. The van der Waals surface area contributed by atoms with E-state index in [1.807, 2.05) is 24.3 Å². The highest BCUT2D eigenvalue weighted by molar-refractivity contribution is 9.10. The minimum Gasteiger partial charge on any atom is -0.496 e. The van der Waals surface area contributed by atoms with Gasteiger partial charge in [-0.15, -0.1) is 0 Å². The Morgan fingerprint density at radius 3 is 2.80 bits per heavy atom. The summed E-state index contributed by atoms with van der Waals surface area (Å²) >= 11 is 3.43. The van der Waals surface area contributed by atoms with Crippen LogP contribution in [0.4, 0.5) is 0 Å². The van der Waals surface area contributed by atoms with Crippen LogP contribution < -0.4 is 9.46 Å². The predicted octanol–water partition coefficient (Wildman–Crippen LogP) is 3.53. The van der Waals surface area contributed by atoms with Crippen LogP contribution in [0, 0.1) is 0 Å². The molecule has 130 valence electrons. The first kappa shape index (κ1) is 17.8. The third-order valence-corrected chi connectivity index (χ3v) is 5.99. The molecule has 0 atom stereocenters. The fourth-order valence-corrected chi connectivity index (χ4v) is 4.45. The smallest absolute Gasteiger partial charge is 0.241 e. The van der Waals surface area contributed by atoms with Crippen molar-refractivity contribution in [1.82, 2.24) is 9.71 Å². The quantitative estimate of drug-likeness (QED) is 0.662. The number of fused-ring (bicyclic) bond motifs is 1. The van der Waals surface area contributed by atoms with Crippen LogP contribution in [0.3, 0.4) is 0 Å². The van der Waals surface area contributed by atoms with Crippen LogP contribution in [0.2, 0.25) is 0 Å². The Kier molecular flexibility index (Phi) is 5.36. The molecule has 0 saturated carbocycles. The molecule has 0 aliphatic rings. The fraction of sp³-hybridized carbons (Fsp3) is 0.167. The maximum Gasteiger partial charge on any atom is 0.241 e. The number of aromatic nitrogens is 1. The molecule has 0 saturated heterocycles. The number of halogens is 1. The van der Waals surface area contributed by atoms with Gasteiger partial charge < -0.3 is 4.74 Å². The summed E-state index contributed by atoms with van der Waals surface area (Å²) in [5, 5.41) is 1.46. The monoisotopic (exact) mass is 420 g/mol. The van der Waals surface area contributed by atoms with Crippen LogP contribution >= 0.6 is 15.9 Å². The van der Waals surface area contributed by atoms with E-state index in [-0.39, 0.29) is 4.90 Å². The number of ether oxygens (including phenoxy) is 1. The van der Waals surface area contributed by atoms with Crippen molar-refractivity contribution in [3.8, 4) is 5.75 Å². The summed E-state index contributed by atoms with van der Waals surface area (Å²) in [6.07, 6.45) is 3.83. The zero-order valence-electron chi connectivity index (χ0n) is 13.6. The molecule has 25 heavy (non-hydrogen) atoms. The molecule has 0 fully saturated rings. The number of hydrogen-bond acceptors (Lipinski definition) is 4. The van der Waals surface area contributed by atoms with Crippen LogP contribution in [0.25, 0.3) is 10.8 Å². The highest BCUT2D eigenvalue weighted by Crippen LogP contribution is 2.26. The predicted molar refractivity (Wildman–Crippen MR) is 101 cm³/mol. The number of rotatable bonds is 6. The van der Waals surface area contributed by atoms with Gasteiger partial charge in [-0.05, 0) is 52.2 Å². The van der Waals surface area contributed by atoms with E-state index in [9.17, 15) is 8.42 Å². The minimum absolute atomic E-state index is 0.267. The third kappa shape index (κ3) is 4.00. The van der Waals surface area contributed by atoms with E-state index < -0.39 is 10.0 Å². The van der Waals surface area contributed by atoms with Gasteiger partial charge in [0.2, 0.25) is 10.0 Å². The van der Waals surface area contributed by atoms with Crippen molar-refractivity contribution in [3.63, 3.8) is 0 Å². The topological polar surface area (TPSA) is 68.3 Å². The summed E-state index contributed by atoms with van der Waals surface area (Å²) < 4.78 is 34.0. The molecule has 3 aromatic rings. The molecule has 1 N–H and O–H groups in total. The van der Waals surface area contributed by atoms with Crippen molar-refractivity contribution >= 4 is 36.7 Å². The molecule has 1 heterocycles. The SMILES string of the molecule is COc1ccc(CCNS(=O)(=O)c2cccc3cnccc23)cc1Br. The molecule has 3 rings (SSSR count). The van der Waals surface area contributed by atoms with Gasteiger partial charge in [-0.2, -0.15) is 0 Å². The van der Waals surface area contributed by atoms with Crippen molar-refractivity contribution < 1.29 is 13.2 Å². The zero-order chi connectivity index (χ0) is 17.9. The van der Waals surface area contributed by atoms with Crippen LogP contribution in [-0.2, 0) is 16.4 Å². The molecule has 0 amide bonds. The number of pyridine rings is 1. The third-order valence-electron chi connectivity index (χ3n) is 3.85. The van der Waals surface area contributed by atoms with Gasteiger partial charge in [0.1, 0.15) is 5.75 Å². The number of nitrogens with zero attached hydrogens (tertiary/aromatic N) is 1. The molecule has 0 bridgehead atoms. The largest absolute Gasteiger partial charge is 0.496 e. The normalized spacial score (nSPS) is 11.6. The molecular weight excluding hydrogens is 404 g/mol. The highest BCUT2D eigenvalue weighted by Gasteiger charge is 2.16. The van der Waals surface area contributed by atoms with Gasteiger partial charge in [0, 0.05) is 29.7 Å². The lowest BCUT2D eigenvalue weighted by atomic mass is 10.1. The average molecular weight is 421 g/mol. The number of nitrogens with one attached hydrogen (secondary N) is 1. The average Bonchev–Trinajstić information content (AvgIpc) is 2.61. The van der Waals surface area contributed by atoms with E-state index in [1.165, 1.54) is 0 Å². The van der Waals surface area contributed by atoms with Crippen molar-refractivity contribution in [2.24, 2.45) is 0 Å². The Hall–Kier alpha value is -1.96. The Morgan fingerprint density at radius 2 is 2.04 bits per heavy atom. The van der Waals surface area contributed by atoms with Crippen LogP contribution in [-0.4, -0.2) is 27.1 Å². The zero-order valence-corrected chi connectivity index (χ0v) is 16.0. The molecule has 2 aromatic carbocycles. The molecule has 0 unspecified atom stereocenters. The molecule has 7 heteroatoms. The Balaban J connectivity index is 1.75. The Morgan fingerprint density at radius 1 is 1.20 bits per heavy atom. The lowest BCUT2D eigenvalue weighted by Crippen LogP contribution is -2.26. The van der Waals surface area contributed by atoms with E-state index in [0.717, 1.165) is 21.2 Å². The van der Waals surface area contributed by atoms with Gasteiger partial charge in [0.25, 0.3) is 0 Å². The maximum atomic E-state index is 12.6. The molecule has 1 aromatic heterocycles. The van der Waals surface area contributed by atoms with E-state index >= 15 is 0 Å². The second kappa shape index (κ2) is 7.51. The summed E-state index contributed by atoms with van der Waals surface area (Å²) in [7, 11) is -1.99. The number of benzene rings is 2. The van der Waals surface area contributed by atoms with E-state index in [0.29, 0.717) is 18.4 Å². The van der Waals surface area contributed by atoms with Gasteiger partial charge in [0.05, 0.1) is 16.5 Å². The number of methoxy groups -OCH3 is 1. The Labute approximate surface area is 155 Å². The van der Waals surface area contributed by atoms with Gasteiger partial charge in [-0.25, -0.2) is 13.1 Å². The van der Waals surface area contributed by atoms with Crippen LogP contribution in [0.15, 0.2) is 64.2 Å². The summed E-state index contributed by atoms with van der Waals surface area (Å²) in [6, 6.07) is 12.6. The first-order valence-electron chi connectivity index (χ1n) is 7.66. The standard InChI is InChI=1S/C18H17BrN2O3S/c1-24-17-6-5-13(11-16(17)19)7-10-21-25(22,23)18-4-2-3-14-12-20-9-8-15(14)18/h2-6,8-9,11-12,21H,7,10H2,1H3. The summed E-state index contributed by atoms with van der Waals surface area (Å²) in [4.78, 5) is 4.30. The maximum absolute atomic E-state index is 12.6. The van der Waals surface area contributed by atoms with E-state index in [2.05, 4.69) is 25.6 Å². The van der Waals surface area contributed by atoms with Gasteiger partial charge in [0.15, 0.2) is 0 Å². The minimum atomic E-state index is -3.59. The summed E-state index contributed by atoms with van der Waals surface area (Å²) in [5.41, 5.74) is 1.01. The second-order valence-electron chi connectivity index (χ2n) is 5.47. The van der Waals surface area contributed by atoms with Crippen LogP contribution in [0.1, 0.15) is 5.56 Å². The van der Waals surface area contributed by atoms with E-state index in [4.69, 9.17) is 4.74 Å². The second-order valence-corrected chi connectivity index (χ2v) is 8.06. The first-order valence-corrected chi connectivity index (χ1v) is 9.94. The summed E-state index contributed by atoms with van der Waals surface area (Å²) in [6.45, 7) is 0.308. The van der Waals surface area contributed by atoms with Crippen molar-refractivity contribution in [2.45, 2.75) is 11.3 Å². The Bertz CT molecular complexity index is 1000. The van der Waals surface area contributed by atoms with Gasteiger partial charge in [-0.3, -0.25) is 4.98 Å². The number of hydrogen-bond donors (Lipinski definition) is 1. The molecule has 0 aliphatic heterocycles. The van der Waals surface area contributed by atoms with Crippen molar-refractivity contribution in [2.75, 3.05) is 13.7 Å². The molecule has 5 nitrogen and oxygen atoms in total. The van der Waals surface area contributed by atoms with Gasteiger partial charge >= 0.3 is 0 Å². The number of sulfonamides is 1. The lowest BCUT2D eigenvalue weighted by molar-refractivity contribution is 0.412. The first-order chi connectivity index (χ1) is 12.0. The molecular formula is C18H17BrN2O3S. The van der Waals surface area contributed by atoms with Crippen molar-refractivity contribution in [1.29, 1.82) is 0 Å².